The number of aryl methyl sites for hydroxylation is 1. The van der Waals surface area contributed by atoms with Crippen molar-refractivity contribution in [1.82, 2.24) is 9.47 Å². The van der Waals surface area contributed by atoms with E-state index < -0.39 is 0 Å². The number of amides is 2. The van der Waals surface area contributed by atoms with Crippen LogP contribution in [0.5, 0.6) is 0 Å². The number of imide groups is 1. The molecule has 0 bridgehead atoms. The lowest BCUT2D eigenvalue weighted by molar-refractivity contribution is 0.0693. The first-order chi connectivity index (χ1) is 10.6. The van der Waals surface area contributed by atoms with Gasteiger partial charge in [-0.3, -0.25) is 14.5 Å². The number of carbonyl (C=O) groups is 2. The molecular weight excluding hydrogens is 288 g/mol. The lowest BCUT2D eigenvalue weighted by Gasteiger charge is -2.02. The molecule has 23 heavy (non-hydrogen) atoms. The molecule has 0 atom stereocenters. The topological polar surface area (TPSA) is 42.3 Å². The smallest absolute Gasteiger partial charge is 0.261 e. The van der Waals surface area contributed by atoms with Gasteiger partial charge in [0, 0.05) is 26.5 Å². The van der Waals surface area contributed by atoms with Crippen LogP contribution >= 0.6 is 0 Å². The molecule has 0 saturated heterocycles. The fraction of sp³-hybridized carbons (Fsp3) is 0.158. The van der Waals surface area contributed by atoms with E-state index in [1.807, 2.05) is 7.05 Å². The molecule has 0 radical (unpaired) electrons. The minimum atomic E-state index is -0.212. The number of rotatable bonds is 0. The van der Waals surface area contributed by atoms with E-state index in [9.17, 15) is 9.59 Å². The molecule has 3 aromatic rings. The maximum Gasteiger partial charge on any atom is 0.261 e. The molecule has 4 heteroatoms. The van der Waals surface area contributed by atoms with Crippen molar-refractivity contribution in [3.8, 4) is 0 Å². The standard InChI is InChI=1S/C9H7NO2.C9H9N.CH4/c1-10-8(11)6-4-2-3-5-7(6)9(10)12;1-10-6-8-4-2-3-5-9(8)7-10;/h2-5H,1H3;2-7H,1H3;1H4. The van der Waals surface area contributed by atoms with Gasteiger partial charge in [0.15, 0.2) is 0 Å². The van der Waals surface area contributed by atoms with Crippen molar-refractivity contribution in [3.63, 3.8) is 0 Å². The lowest BCUT2D eigenvalue weighted by Crippen LogP contribution is -2.24. The summed E-state index contributed by atoms with van der Waals surface area (Å²) in [4.78, 5) is 23.8. The molecule has 0 unspecified atom stereocenters. The first-order valence-corrected chi connectivity index (χ1v) is 7.00. The van der Waals surface area contributed by atoms with E-state index in [0.717, 1.165) is 4.90 Å². The van der Waals surface area contributed by atoms with Gasteiger partial charge in [0.25, 0.3) is 11.8 Å². The molecule has 0 aliphatic carbocycles. The number of hydrogen-bond acceptors (Lipinski definition) is 2. The SMILES string of the molecule is C.CN1C(=O)c2ccccc2C1=O.Cn1cc2ccccc2c1. The van der Waals surface area contributed by atoms with Crippen molar-refractivity contribution in [1.29, 1.82) is 0 Å². The van der Waals surface area contributed by atoms with E-state index >= 15 is 0 Å². The van der Waals surface area contributed by atoms with Crippen LogP contribution in [0.15, 0.2) is 60.9 Å². The quantitative estimate of drug-likeness (QED) is 0.594. The Hall–Kier alpha value is -2.88. The third-order valence-corrected chi connectivity index (χ3v) is 3.68. The Labute approximate surface area is 136 Å². The largest absolute Gasteiger partial charge is 0.356 e. The van der Waals surface area contributed by atoms with Crippen molar-refractivity contribution in [2.24, 2.45) is 7.05 Å². The molecule has 0 saturated carbocycles. The molecule has 2 amide bonds. The highest BCUT2D eigenvalue weighted by Crippen LogP contribution is 2.20. The van der Waals surface area contributed by atoms with Crippen molar-refractivity contribution in [3.05, 3.63) is 72.1 Å². The minimum Gasteiger partial charge on any atom is -0.356 e. The van der Waals surface area contributed by atoms with Crippen LogP contribution in [0.3, 0.4) is 0 Å². The molecule has 0 fully saturated rings. The molecule has 4 nitrogen and oxygen atoms in total. The average molecular weight is 308 g/mol. The van der Waals surface area contributed by atoms with Crippen LogP contribution in [0, 0.1) is 0 Å². The predicted octanol–water partition coefficient (Wildman–Crippen LogP) is 3.73. The third-order valence-electron chi connectivity index (χ3n) is 3.68. The highest BCUT2D eigenvalue weighted by Gasteiger charge is 2.31. The first kappa shape index (κ1) is 16.5. The summed E-state index contributed by atoms with van der Waals surface area (Å²) in [6, 6.07) is 15.2. The van der Waals surface area contributed by atoms with Crippen LogP contribution in [0.25, 0.3) is 10.8 Å². The number of aromatic nitrogens is 1. The second-order valence-electron chi connectivity index (χ2n) is 5.27. The second-order valence-corrected chi connectivity index (χ2v) is 5.27. The van der Waals surface area contributed by atoms with Gasteiger partial charge < -0.3 is 4.57 Å². The van der Waals surface area contributed by atoms with E-state index in [2.05, 4.69) is 41.2 Å². The molecule has 1 aliphatic rings. The molecule has 1 aliphatic heterocycles. The molecule has 4 rings (SSSR count). The summed E-state index contributed by atoms with van der Waals surface area (Å²) in [5.41, 5.74) is 1.01. The van der Waals surface area contributed by atoms with Gasteiger partial charge in [0.1, 0.15) is 0 Å². The summed E-state index contributed by atoms with van der Waals surface area (Å²) in [7, 11) is 3.53. The van der Waals surface area contributed by atoms with E-state index in [-0.39, 0.29) is 19.2 Å². The summed E-state index contributed by atoms with van der Waals surface area (Å²) in [5.74, 6) is -0.425. The van der Waals surface area contributed by atoms with E-state index in [4.69, 9.17) is 0 Å². The van der Waals surface area contributed by atoms with Gasteiger partial charge in [-0.05, 0) is 22.9 Å². The van der Waals surface area contributed by atoms with E-state index in [1.54, 1.807) is 24.3 Å². The molecule has 0 spiro atoms. The van der Waals surface area contributed by atoms with Crippen LogP contribution in [-0.4, -0.2) is 28.3 Å². The van der Waals surface area contributed by atoms with Crippen molar-refractivity contribution < 1.29 is 9.59 Å². The Morgan fingerprint density at radius 2 is 1.09 bits per heavy atom. The number of nitrogens with zero attached hydrogens (tertiary/aromatic N) is 2. The summed E-state index contributed by atoms with van der Waals surface area (Å²) in [6.07, 6.45) is 4.24. The van der Waals surface area contributed by atoms with Crippen LogP contribution in [0.1, 0.15) is 28.1 Å². The zero-order valence-electron chi connectivity index (χ0n) is 12.5. The predicted molar refractivity (Wildman–Crippen MR) is 92.5 cm³/mol. The van der Waals surface area contributed by atoms with Gasteiger partial charge in [-0.15, -0.1) is 0 Å². The monoisotopic (exact) mass is 308 g/mol. The third kappa shape index (κ3) is 3.01. The maximum absolute atomic E-state index is 11.3. The lowest BCUT2D eigenvalue weighted by atomic mass is 10.1. The van der Waals surface area contributed by atoms with E-state index in [0.29, 0.717) is 11.1 Å². The Bertz CT molecular complexity index is 796. The Kier molecular flexibility index (Phi) is 4.65. The van der Waals surface area contributed by atoms with Gasteiger partial charge in [0.2, 0.25) is 0 Å². The van der Waals surface area contributed by atoms with Crippen molar-refractivity contribution in [2.75, 3.05) is 7.05 Å². The van der Waals surface area contributed by atoms with Crippen molar-refractivity contribution >= 4 is 22.6 Å². The highest BCUT2D eigenvalue weighted by molar-refractivity contribution is 6.21. The Balaban J connectivity index is 0.000000162. The fourth-order valence-electron chi connectivity index (χ4n) is 2.53. The number of benzene rings is 2. The fourth-order valence-corrected chi connectivity index (χ4v) is 2.53. The van der Waals surface area contributed by atoms with Crippen LogP contribution in [-0.2, 0) is 7.05 Å². The van der Waals surface area contributed by atoms with Crippen LogP contribution in [0.2, 0.25) is 0 Å². The number of carbonyl (C=O) groups excluding carboxylic acids is 2. The molecular formula is C19H20N2O2. The molecule has 1 aromatic heterocycles. The maximum atomic E-state index is 11.3. The zero-order valence-corrected chi connectivity index (χ0v) is 12.5. The first-order valence-electron chi connectivity index (χ1n) is 7.00. The Morgan fingerprint density at radius 3 is 1.52 bits per heavy atom. The van der Waals surface area contributed by atoms with Gasteiger partial charge in [-0.25, -0.2) is 0 Å². The summed E-state index contributed by atoms with van der Waals surface area (Å²) in [5, 5.41) is 2.62. The Morgan fingerprint density at radius 1 is 0.696 bits per heavy atom. The average Bonchev–Trinajstić information content (AvgIpc) is 3.02. The zero-order chi connectivity index (χ0) is 15.7. The van der Waals surface area contributed by atoms with Gasteiger partial charge in [0.05, 0.1) is 11.1 Å². The minimum absolute atomic E-state index is 0. The number of hydrogen-bond donors (Lipinski definition) is 0. The van der Waals surface area contributed by atoms with Crippen LogP contribution in [0.4, 0.5) is 0 Å². The summed E-state index contributed by atoms with van der Waals surface area (Å²) in [6.45, 7) is 0. The molecule has 2 heterocycles. The second kappa shape index (κ2) is 6.48. The molecule has 0 N–H and O–H groups in total. The van der Waals surface area contributed by atoms with E-state index in [1.165, 1.54) is 17.8 Å². The summed E-state index contributed by atoms with van der Waals surface area (Å²) < 4.78 is 2.07. The van der Waals surface area contributed by atoms with Gasteiger partial charge in [-0.1, -0.05) is 43.8 Å². The van der Waals surface area contributed by atoms with Crippen LogP contribution < -0.4 is 0 Å². The van der Waals surface area contributed by atoms with Gasteiger partial charge >= 0.3 is 0 Å². The summed E-state index contributed by atoms with van der Waals surface area (Å²) >= 11 is 0. The number of fused-ring (bicyclic) bond motifs is 2. The van der Waals surface area contributed by atoms with Gasteiger partial charge in [-0.2, -0.15) is 0 Å². The van der Waals surface area contributed by atoms with Crippen molar-refractivity contribution in [2.45, 2.75) is 7.43 Å². The normalized spacial score (nSPS) is 12.5. The molecule has 118 valence electrons. The highest BCUT2D eigenvalue weighted by atomic mass is 16.2. The molecule has 2 aromatic carbocycles.